The lowest BCUT2D eigenvalue weighted by Gasteiger charge is -2.21. The van der Waals surface area contributed by atoms with Crippen molar-refractivity contribution in [3.8, 4) is 0 Å². The Labute approximate surface area is 153 Å². The molecular formula is C20H23N3O3. The lowest BCUT2D eigenvalue weighted by Crippen LogP contribution is -2.32. The van der Waals surface area contributed by atoms with Crippen molar-refractivity contribution in [1.82, 2.24) is 0 Å². The minimum atomic E-state index is -0.186. The summed E-state index contributed by atoms with van der Waals surface area (Å²) in [5.41, 5.74) is 3.07. The van der Waals surface area contributed by atoms with E-state index in [0.29, 0.717) is 11.4 Å². The highest BCUT2D eigenvalue weighted by molar-refractivity contribution is 5.96. The maximum atomic E-state index is 12.2. The van der Waals surface area contributed by atoms with E-state index in [1.165, 1.54) is 18.7 Å². The third kappa shape index (κ3) is 5.73. The average molecular weight is 353 g/mol. The van der Waals surface area contributed by atoms with Gasteiger partial charge in [-0.3, -0.25) is 14.4 Å². The second-order valence-electron chi connectivity index (χ2n) is 6.07. The van der Waals surface area contributed by atoms with Gasteiger partial charge in [-0.25, -0.2) is 0 Å². The molecule has 0 spiro atoms. The average Bonchev–Trinajstić information content (AvgIpc) is 2.56. The van der Waals surface area contributed by atoms with Crippen LogP contribution in [0.4, 0.5) is 17.1 Å². The van der Waals surface area contributed by atoms with E-state index in [-0.39, 0.29) is 30.7 Å². The fourth-order valence-electron chi connectivity index (χ4n) is 2.50. The van der Waals surface area contributed by atoms with Gasteiger partial charge in [0.2, 0.25) is 17.7 Å². The Morgan fingerprint density at radius 2 is 1.62 bits per heavy atom. The maximum Gasteiger partial charge on any atom is 0.226 e. The van der Waals surface area contributed by atoms with Crippen LogP contribution in [0.15, 0.2) is 48.5 Å². The molecule has 0 aliphatic carbocycles. The lowest BCUT2D eigenvalue weighted by atomic mass is 10.2. The molecule has 3 amide bonds. The predicted octanol–water partition coefficient (Wildman–Crippen LogP) is 3.34. The molecule has 0 atom stereocenters. The quantitative estimate of drug-likeness (QED) is 0.836. The molecule has 0 aliphatic rings. The van der Waals surface area contributed by atoms with E-state index < -0.39 is 0 Å². The number of amides is 3. The predicted molar refractivity (Wildman–Crippen MR) is 103 cm³/mol. The van der Waals surface area contributed by atoms with Gasteiger partial charge in [0.1, 0.15) is 0 Å². The van der Waals surface area contributed by atoms with Crippen molar-refractivity contribution < 1.29 is 14.4 Å². The minimum absolute atomic E-state index is 0.165. The van der Waals surface area contributed by atoms with E-state index in [0.717, 1.165) is 11.3 Å². The smallest absolute Gasteiger partial charge is 0.226 e. The first-order valence-corrected chi connectivity index (χ1v) is 8.37. The molecule has 0 unspecified atom stereocenters. The zero-order valence-corrected chi connectivity index (χ0v) is 15.2. The molecular weight excluding hydrogens is 330 g/mol. The normalized spacial score (nSPS) is 10.1. The molecule has 26 heavy (non-hydrogen) atoms. The summed E-state index contributed by atoms with van der Waals surface area (Å²) in [6, 6.07) is 14.5. The van der Waals surface area contributed by atoms with Crippen LogP contribution >= 0.6 is 0 Å². The van der Waals surface area contributed by atoms with Crippen LogP contribution in [0.3, 0.4) is 0 Å². The summed E-state index contributed by atoms with van der Waals surface area (Å²) in [5, 5.41) is 5.50. The zero-order chi connectivity index (χ0) is 19.1. The standard InChI is InChI=1S/C20H23N3O3/c1-14-7-9-17(10-8-14)22-20(26)11-12-23(16(3)25)19-6-4-5-18(13-19)21-15(2)24/h4-10,13H,11-12H2,1-3H3,(H,21,24)(H,22,26). The number of anilines is 3. The summed E-state index contributed by atoms with van der Waals surface area (Å²) in [4.78, 5) is 36.9. The molecule has 2 N–H and O–H groups in total. The summed E-state index contributed by atoms with van der Waals surface area (Å²) in [7, 11) is 0. The molecule has 2 aromatic rings. The third-order valence-electron chi connectivity index (χ3n) is 3.76. The molecule has 6 nitrogen and oxygen atoms in total. The molecule has 0 aliphatic heterocycles. The van der Waals surface area contributed by atoms with Crippen molar-refractivity contribution in [3.05, 3.63) is 54.1 Å². The first kappa shape index (κ1) is 19.2. The van der Waals surface area contributed by atoms with Crippen molar-refractivity contribution in [2.24, 2.45) is 0 Å². The number of nitrogens with one attached hydrogen (secondary N) is 2. The molecule has 2 aromatic carbocycles. The van der Waals surface area contributed by atoms with Crippen molar-refractivity contribution in [2.45, 2.75) is 27.2 Å². The topological polar surface area (TPSA) is 78.5 Å². The van der Waals surface area contributed by atoms with E-state index in [9.17, 15) is 14.4 Å². The van der Waals surface area contributed by atoms with Crippen LogP contribution in [0.5, 0.6) is 0 Å². The molecule has 0 saturated carbocycles. The van der Waals surface area contributed by atoms with Crippen LogP contribution in [0, 0.1) is 6.92 Å². The van der Waals surface area contributed by atoms with Crippen LogP contribution < -0.4 is 15.5 Å². The Morgan fingerprint density at radius 3 is 2.23 bits per heavy atom. The summed E-state index contributed by atoms with van der Waals surface area (Å²) in [6.45, 7) is 5.09. The summed E-state index contributed by atoms with van der Waals surface area (Å²) < 4.78 is 0. The number of hydrogen-bond donors (Lipinski definition) is 2. The Morgan fingerprint density at radius 1 is 0.923 bits per heavy atom. The number of benzene rings is 2. The first-order chi connectivity index (χ1) is 12.3. The Kier molecular flexibility index (Phi) is 6.49. The van der Waals surface area contributed by atoms with Crippen LogP contribution in [-0.2, 0) is 14.4 Å². The van der Waals surface area contributed by atoms with Crippen LogP contribution in [0.25, 0.3) is 0 Å². The van der Waals surface area contributed by atoms with Gasteiger partial charge in [0, 0.05) is 43.9 Å². The third-order valence-corrected chi connectivity index (χ3v) is 3.76. The molecule has 0 aromatic heterocycles. The number of nitrogens with zero attached hydrogens (tertiary/aromatic N) is 1. The first-order valence-electron chi connectivity index (χ1n) is 8.37. The Bertz CT molecular complexity index is 800. The van der Waals surface area contributed by atoms with Crippen molar-refractivity contribution in [3.63, 3.8) is 0 Å². The van der Waals surface area contributed by atoms with E-state index in [1.807, 2.05) is 31.2 Å². The van der Waals surface area contributed by atoms with Gasteiger partial charge in [0.15, 0.2) is 0 Å². The second kappa shape index (κ2) is 8.80. The molecule has 0 heterocycles. The summed E-state index contributed by atoms with van der Waals surface area (Å²) >= 11 is 0. The van der Waals surface area contributed by atoms with Gasteiger partial charge < -0.3 is 15.5 Å². The largest absolute Gasteiger partial charge is 0.326 e. The van der Waals surface area contributed by atoms with E-state index in [2.05, 4.69) is 10.6 Å². The number of aryl methyl sites for hydroxylation is 1. The maximum absolute atomic E-state index is 12.2. The van der Waals surface area contributed by atoms with Crippen LogP contribution in [0.2, 0.25) is 0 Å². The molecule has 6 heteroatoms. The van der Waals surface area contributed by atoms with E-state index in [4.69, 9.17) is 0 Å². The van der Waals surface area contributed by atoms with Gasteiger partial charge in [-0.05, 0) is 37.3 Å². The highest BCUT2D eigenvalue weighted by Gasteiger charge is 2.14. The van der Waals surface area contributed by atoms with E-state index in [1.54, 1.807) is 24.3 Å². The SMILES string of the molecule is CC(=O)Nc1cccc(N(CCC(=O)Nc2ccc(C)cc2)C(C)=O)c1. The fourth-order valence-corrected chi connectivity index (χ4v) is 2.50. The molecule has 0 radical (unpaired) electrons. The molecule has 0 bridgehead atoms. The zero-order valence-electron chi connectivity index (χ0n) is 15.2. The summed E-state index contributed by atoms with van der Waals surface area (Å²) in [6.07, 6.45) is 0.165. The van der Waals surface area contributed by atoms with Crippen molar-refractivity contribution in [2.75, 3.05) is 22.1 Å². The van der Waals surface area contributed by atoms with Crippen molar-refractivity contribution in [1.29, 1.82) is 0 Å². The summed E-state index contributed by atoms with van der Waals surface area (Å²) in [5.74, 6) is -0.528. The van der Waals surface area contributed by atoms with Crippen molar-refractivity contribution >= 4 is 34.8 Å². The number of carbonyl (C=O) groups is 3. The molecule has 2 rings (SSSR count). The number of carbonyl (C=O) groups excluding carboxylic acids is 3. The number of rotatable bonds is 6. The molecule has 0 fully saturated rings. The van der Waals surface area contributed by atoms with Crippen LogP contribution in [0.1, 0.15) is 25.8 Å². The Balaban J connectivity index is 2.01. The van der Waals surface area contributed by atoms with E-state index >= 15 is 0 Å². The fraction of sp³-hybridized carbons (Fsp3) is 0.250. The monoisotopic (exact) mass is 353 g/mol. The molecule has 0 saturated heterocycles. The minimum Gasteiger partial charge on any atom is -0.326 e. The van der Waals surface area contributed by atoms with Gasteiger partial charge in [0.05, 0.1) is 0 Å². The highest BCUT2D eigenvalue weighted by Crippen LogP contribution is 2.20. The number of hydrogen-bond acceptors (Lipinski definition) is 3. The van der Waals surface area contributed by atoms with Gasteiger partial charge in [-0.2, -0.15) is 0 Å². The van der Waals surface area contributed by atoms with Gasteiger partial charge >= 0.3 is 0 Å². The lowest BCUT2D eigenvalue weighted by molar-refractivity contribution is -0.117. The molecule has 136 valence electrons. The second-order valence-corrected chi connectivity index (χ2v) is 6.07. The highest BCUT2D eigenvalue weighted by atomic mass is 16.2. The van der Waals surface area contributed by atoms with Crippen LogP contribution in [-0.4, -0.2) is 24.3 Å². The Hall–Kier alpha value is -3.15. The van der Waals surface area contributed by atoms with Gasteiger partial charge in [0.25, 0.3) is 0 Å². The van der Waals surface area contributed by atoms with Gasteiger partial charge in [-0.1, -0.05) is 23.8 Å². The van der Waals surface area contributed by atoms with Gasteiger partial charge in [-0.15, -0.1) is 0 Å².